The summed E-state index contributed by atoms with van der Waals surface area (Å²) in [4.78, 5) is 90.3. The maximum absolute atomic E-state index is 11.1. The van der Waals surface area contributed by atoms with Gasteiger partial charge in [-0.1, -0.05) is 138 Å². The Morgan fingerprint density at radius 2 is 0.832 bits per heavy atom. The number of nitrogens with one attached hydrogen (secondary N) is 1. The minimum absolute atomic E-state index is 0. The minimum atomic E-state index is -3.22. The van der Waals surface area contributed by atoms with Crippen molar-refractivity contribution in [2.45, 2.75) is 302 Å². The number of hydrogen-bond acceptors (Lipinski definition) is 24. The number of ketones is 1. The number of aldehydes is 1. The van der Waals surface area contributed by atoms with Crippen LogP contribution < -0.4 is 123 Å². The van der Waals surface area contributed by atoms with E-state index in [0.29, 0.717) is 73.1 Å². The molecule has 12 heterocycles. The molecule has 41 heteroatoms. The number of halogens is 12. The van der Waals surface area contributed by atoms with Gasteiger partial charge in [-0.05, 0) is 345 Å². The van der Waals surface area contributed by atoms with Crippen molar-refractivity contribution < 1.29 is 167 Å². The summed E-state index contributed by atoms with van der Waals surface area (Å²) in [5.41, 5.74) is 25.3. The molecule has 26 nitrogen and oxygen atoms in total. The van der Waals surface area contributed by atoms with Gasteiger partial charge in [0, 0.05) is 193 Å². The molecule has 1 aliphatic heterocycles. The largest absolute Gasteiger partial charge is 1.00 e. The Morgan fingerprint density at radius 1 is 0.450 bits per heavy atom. The van der Waals surface area contributed by atoms with Gasteiger partial charge in [0.1, 0.15) is 11.8 Å². The smallest absolute Gasteiger partial charge is 1.00 e. The van der Waals surface area contributed by atoms with Gasteiger partial charge in [-0.15, -0.1) is 0 Å². The SMILES string of the molecule is CC(=O)OC(C)=O.CC1(C)CCCC(C)(C)N1.CC1CCc2c(Cl)ccnc21.C[C@@H]1CCc2c(Cl)ccnc21.C[C@@H]1CCc2c1ncc(C#N)c2Cl.C[C@@H]1CCc2c1ncc(C=O)c2Cl.Clc1ccnc2c1CCC2.O=C1CCc2c(Cl)ccnc21.O=CO[O-].O=P(Cl)(Cl)Cl.OC1CCc2c(Cl)ccnc21.O[C@@H]1CCc2c(Cl)ccnc21.[H-].[K+].[K+].[O-][n+]1ccc(Cl)c2c1CCC2.[O-][n+]1cccc2c1CCC2.c1cnc2c(c1)CCC2. The number of aryl methyl sites for hydroxylation is 4. The molecule has 2 unspecified atom stereocenters. The van der Waals surface area contributed by atoms with Gasteiger partial charge in [-0.25, -0.2) is 0 Å². The van der Waals surface area contributed by atoms with E-state index >= 15 is 0 Å². The average molecular weight is 2340 g/mol. The Kier molecular flexibility index (Phi) is 56.4. The number of nitriles is 1. The molecule has 788 valence electrons. The molecule has 0 spiro atoms. The van der Waals surface area contributed by atoms with Gasteiger partial charge in [-0.2, -0.15) is 14.7 Å². The number of esters is 2. The first-order valence-corrected chi connectivity index (χ1v) is 56.5. The third kappa shape index (κ3) is 40.2. The van der Waals surface area contributed by atoms with Crippen LogP contribution in [0.1, 0.15) is 341 Å². The van der Waals surface area contributed by atoms with Crippen molar-refractivity contribution in [2.75, 3.05) is 0 Å². The molecule has 3 N–H and O–H groups in total. The van der Waals surface area contributed by atoms with E-state index in [4.69, 9.17) is 120 Å². The van der Waals surface area contributed by atoms with Crippen molar-refractivity contribution in [1.29, 1.82) is 5.26 Å². The molecule has 6 atom stereocenters. The van der Waals surface area contributed by atoms with E-state index in [2.05, 4.69) is 155 Å². The zero-order valence-electron chi connectivity index (χ0n) is 86.6. The second kappa shape index (κ2) is 64.4. The first-order chi connectivity index (χ1) is 69.9. The summed E-state index contributed by atoms with van der Waals surface area (Å²) < 4.78 is 15.4. The quantitative estimate of drug-likeness (QED) is 0.0166. The van der Waals surface area contributed by atoms with Crippen LogP contribution in [0.2, 0.25) is 45.2 Å². The van der Waals surface area contributed by atoms with Gasteiger partial charge in [0.25, 0.3) is 6.47 Å². The van der Waals surface area contributed by atoms with Gasteiger partial charge in [-0.3, -0.25) is 73.4 Å². The van der Waals surface area contributed by atoms with Crippen LogP contribution in [0, 0.1) is 21.7 Å². The third-order valence-corrected chi connectivity index (χ3v) is 29.5. The number of nitrogens with zero attached hydrogens (tertiary/aromatic N) is 12. The number of rotatable bonds is 2. The zero-order valence-corrected chi connectivity index (χ0v) is 102. The second-order valence-corrected chi connectivity index (χ2v) is 48.1. The predicted octanol–water partition coefficient (Wildman–Crippen LogP) is 20.0. The Labute approximate surface area is 1020 Å². The van der Waals surface area contributed by atoms with Crippen molar-refractivity contribution >= 4 is 174 Å². The van der Waals surface area contributed by atoms with E-state index in [1.165, 1.54) is 128 Å². The molecular formula is C108H122Cl12K2N13O13P. The molecule has 149 heavy (non-hydrogen) atoms. The summed E-state index contributed by atoms with van der Waals surface area (Å²) in [6, 6.07) is 22.6. The maximum Gasteiger partial charge on any atom is 1.00 e. The van der Waals surface area contributed by atoms with Crippen molar-refractivity contribution in [2.24, 2.45) is 0 Å². The number of piperidine rings is 1. The van der Waals surface area contributed by atoms with Gasteiger partial charge in [0.05, 0.1) is 49.8 Å². The van der Waals surface area contributed by atoms with Crippen LogP contribution in [0.5, 0.6) is 0 Å². The normalized spacial score (nSPS) is 18.0. The summed E-state index contributed by atoms with van der Waals surface area (Å²) >= 11 is 67.4. The molecule has 12 aliphatic rings. The number of pyridine rings is 11. The molecule has 0 saturated carbocycles. The molecule has 1 saturated heterocycles. The van der Waals surface area contributed by atoms with Crippen LogP contribution in [0.3, 0.4) is 0 Å². The van der Waals surface area contributed by atoms with Gasteiger partial charge in [0.15, 0.2) is 35.9 Å². The van der Waals surface area contributed by atoms with Crippen LogP contribution >= 0.6 is 143 Å². The van der Waals surface area contributed by atoms with E-state index in [0.717, 1.165) is 235 Å². The fraction of sp³-hybridized carbons (Fsp3) is 0.435. The van der Waals surface area contributed by atoms with Crippen LogP contribution in [0.15, 0.2) is 135 Å². The summed E-state index contributed by atoms with van der Waals surface area (Å²) in [7, 11) is 0. The van der Waals surface area contributed by atoms with Gasteiger partial charge >= 0.3 is 120 Å². The van der Waals surface area contributed by atoms with Crippen molar-refractivity contribution in [3.8, 4) is 6.07 Å². The minimum Gasteiger partial charge on any atom is -1.00 e. The number of Topliss-reactive ketones (excluding diaryl/α,β-unsaturated/α-hetero) is 1. The standard InChI is InChI=1S/C10H9ClN2.C10H10ClNO.2C9H10ClN.C9H19N.2C8H8ClNO.C8H6ClNO.C8H8ClNO.C8H8ClN.C8H9NO.C8H9N.C4H6O3.CH2O3.Cl3OP.2K.H/c1-6-2-3-8-9(11)7(4-12)5-13-10(6)8;1-6-2-3-8-9(11)7(5-13)4-12-10(6)8;2*1-6-2-3-7-8(10)4-5-11-9(6)7;1-8(2)6-5-7-9(3,4)10-8;3*9-6-3-4-10-8-5(6)1-2-7(8)11;9-7-4-5-10(11)8-3-1-2-6(7)8;9-7-4-5-10-8-3-1-2-6(7)8;10-9-6-2-4-7-3-1-5-8(7)9;1-3-7-4-2-6-9-8(7)5-1;1-3(5)7-4(2)6;2-1-4-3;1-5(2,3)4;;;/h5-6H,2-3H2,1H3;4-6H,2-3H2,1H3;2*4-6H,2-3H2,1H3;10H,5-7H2,1-4H3;2*3-4,7,11H,1-2H2;3-4H,1-2H2;4-5H,1-3H2;4-5H,1-3H2;2,4,6H,1,3,5H2;2,4,6H,1,3,5H2;1-2H3;1,3H;;;;/q;;;;;;;;;;;;;;;2*+1;-1/p-1/t3*6-;;;7-;;;;;;;;;;;;/m111..1............/s1. The van der Waals surface area contributed by atoms with E-state index in [-0.39, 0.29) is 116 Å². The van der Waals surface area contributed by atoms with Crippen LogP contribution in [-0.4, -0.2) is 96.6 Å². The number of aliphatic hydroxyl groups excluding tert-OH is 2. The number of ether oxygens (including phenoxy) is 1. The summed E-state index contributed by atoms with van der Waals surface area (Å²) in [5.74, 6) is 1.16. The average Bonchev–Trinajstić information content (AvgIpc) is 1.66. The molecule has 0 radical (unpaired) electrons. The molecule has 11 aliphatic carbocycles. The van der Waals surface area contributed by atoms with E-state index in [9.17, 15) is 44.4 Å². The summed E-state index contributed by atoms with van der Waals surface area (Å²) in [6.07, 6.45) is 48.7. The van der Waals surface area contributed by atoms with Gasteiger partial charge < -0.3 is 42.3 Å². The molecular weight excluding hydrogens is 2220 g/mol. The molecule has 0 amide bonds. The number of aromatic nitrogens is 11. The number of carbonyl (C=O) groups is 5. The monoisotopic (exact) mass is 2340 g/mol. The van der Waals surface area contributed by atoms with Crippen molar-refractivity contribution in [1.82, 2.24) is 50.2 Å². The number of fused-ring (bicyclic) bond motifs is 11. The molecule has 11 aromatic heterocycles. The first kappa shape index (κ1) is 130. The number of hydrogen-bond donors (Lipinski definition) is 3. The Morgan fingerprint density at radius 3 is 1.27 bits per heavy atom. The number of carbonyl (C=O) groups excluding carboxylic acids is 5. The Bertz CT molecular complexity index is 6110. The molecule has 0 bridgehead atoms. The second-order valence-electron chi connectivity index (χ2n) is 37.9. The van der Waals surface area contributed by atoms with E-state index < -0.39 is 29.3 Å². The molecule has 23 rings (SSSR count). The first-order valence-electron chi connectivity index (χ1n) is 48.7. The molecule has 11 aromatic rings. The molecule has 0 aromatic carbocycles. The third-order valence-electron chi connectivity index (χ3n) is 26.2. The van der Waals surface area contributed by atoms with E-state index in [1.807, 2.05) is 48.7 Å². The topological polar surface area (TPSA) is 390 Å². The number of aliphatic hydroxyl groups is 2. The molecule has 1 fully saturated rings. The Hall–Kier alpha value is -5.49. The summed E-state index contributed by atoms with van der Waals surface area (Å²) in [5, 5.41) is 65.2. The fourth-order valence-electron chi connectivity index (χ4n) is 19.1. The Balaban J connectivity index is 0.000000246. The summed E-state index contributed by atoms with van der Waals surface area (Å²) in [6.45, 7) is 20.0. The fourth-order valence-corrected chi connectivity index (χ4v) is 21.5. The zero-order chi connectivity index (χ0) is 108. The maximum atomic E-state index is 11.1. The van der Waals surface area contributed by atoms with Gasteiger partial charge in [0.2, 0.25) is 0 Å². The van der Waals surface area contributed by atoms with Crippen LogP contribution in [0.4, 0.5) is 0 Å². The van der Waals surface area contributed by atoms with E-state index in [1.54, 1.807) is 80.0 Å². The van der Waals surface area contributed by atoms with Crippen LogP contribution in [-0.2, 0) is 125 Å². The van der Waals surface area contributed by atoms with Crippen molar-refractivity contribution in [3.63, 3.8) is 0 Å². The van der Waals surface area contributed by atoms with Crippen LogP contribution in [0.25, 0.3) is 0 Å². The van der Waals surface area contributed by atoms with Crippen molar-refractivity contribution in [3.05, 3.63) is 325 Å². The predicted molar refractivity (Wildman–Crippen MR) is 579 cm³/mol.